The Morgan fingerprint density at radius 3 is 2.79 bits per heavy atom. The molecule has 1 saturated heterocycles. The van der Waals surface area contributed by atoms with Crippen molar-refractivity contribution in [3.63, 3.8) is 0 Å². The van der Waals surface area contributed by atoms with Gasteiger partial charge in [0.05, 0.1) is 7.11 Å². The minimum Gasteiger partial charge on any atom is -0.484 e. The molecule has 1 aromatic rings. The summed E-state index contributed by atoms with van der Waals surface area (Å²) in [5.74, 6) is -0.0993. The molecule has 0 radical (unpaired) electrons. The third-order valence-electron chi connectivity index (χ3n) is 3.67. The van der Waals surface area contributed by atoms with Gasteiger partial charge in [-0.25, -0.2) is 4.79 Å². The first-order valence-corrected chi connectivity index (χ1v) is 8.37. The van der Waals surface area contributed by atoms with Gasteiger partial charge in [0, 0.05) is 5.75 Å². The highest BCUT2D eigenvalue weighted by atomic mass is 32.2. The van der Waals surface area contributed by atoms with E-state index in [4.69, 9.17) is 4.74 Å². The Morgan fingerprint density at radius 2 is 2.08 bits per heavy atom. The molecule has 0 aromatic heterocycles. The third-order valence-corrected chi connectivity index (χ3v) is 4.85. The zero-order valence-corrected chi connectivity index (χ0v) is 13.7. The number of hydrogen-bond donors (Lipinski definition) is 1. The largest absolute Gasteiger partial charge is 0.484 e. The fraction of sp³-hybridized carbons (Fsp3) is 0.312. The Balaban J connectivity index is 1.56. The Morgan fingerprint density at radius 1 is 1.33 bits per heavy atom. The fourth-order valence-corrected chi connectivity index (χ4v) is 3.71. The molecule has 0 aliphatic carbocycles. The molecule has 126 valence electrons. The van der Waals surface area contributed by atoms with Crippen LogP contribution < -0.4 is 10.1 Å². The highest BCUT2D eigenvalue weighted by Gasteiger charge is 2.52. The smallest absolute Gasteiger partial charge is 0.354 e. The van der Waals surface area contributed by atoms with E-state index < -0.39 is 12.0 Å². The molecule has 1 aromatic carbocycles. The van der Waals surface area contributed by atoms with E-state index in [2.05, 4.69) is 10.1 Å². The summed E-state index contributed by atoms with van der Waals surface area (Å²) < 4.78 is 10.0. The maximum absolute atomic E-state index is 12.2. The lowest BCUT2D eigenvalue weighted by Gasteiger charge is -2.48. The number of β-lactam (4-membered cyclic amide) rings is 1. The molecule has 2 unspecified atom stereocenters. The van der Waals surface area contributed by atoms with Gasteiger partial charge in [0.2, 0.25) is 0 Å². The van der Waals surface area contributed by atoms with E-state index >= 15 is 0 Å². The van der Waals surface area contributed by atoms with Crippen LogP contribution in [0.4, 0.5) is 0 Å². The van der Waals surface area contributed by atoms with Crippen molar-refractivity contribution in [1.29, 1.82) is 0 Å². The van der Waals surface area contributed by atoms with E-state index in [0.29, 0.717) is 11.5 Å². The molecule has 2 aliphatic heterocycles. The average molecular weight is 348 g/mol. The molecule has 2 aliphatic rings. The number of benzene rings is 1. The van der Waals surface area contributed by atoms with Crippen LogP contribution in [0.1, 0.15) is 0 Å². The van der Waals surface area contributed by atoms with Crippen molar-refractivity contribution in [2.75, 3.05) is 19.5 Å². The van der Waals surface area contributed by atoms with E-state index in [1.807, 2.05) is 6.07 Å². The number of para-hydroxylation sites is 1. The molecule has 1 fully saturated rings. The summed E-state index contributed by atoms with van der Waals surface area (Å²) in [6, 6.07) is 8.29. The molecule has 2 amide bonds. The number of hydrogen-bond acceptors (Lipinski definition) is 6. The van der Waals surface area contributed by atoms with Crippen LogP contribution in [0.5, 0.6) is 5.75 Å². The van der Waals surface area contributed by atoms with Crippen molar-refractivity contribution in [3.8, 4) is 5.75 Å². The van der Waals surface area contributed by atoms with Gasteiger partial charge in [-0.2, -0.15) is 0 Å². The molecule has 8 heteroatoms. The number of carbonyl (C=O) groups excluding carboxylic acids is 3. The summed E-state index contributed by atoms with van der Waals surface area (Å²) in [5.41, 5.74) is 0.234. The van der Waals surface area contributed by atoms with E-state index in [1.54, 1.807) is 30.3 Å². The monoisotopic (exact) mass is 348 g/mol. The highest BCUT2D eigenvalue weighted by Crippen LogP contribution is 2.37. The van der Waals surface area contributed by atoms with Crippen molar-refractivity contribution >= 4 is 29.5 Å². The molecular weight excluding hydrogens is 332 g/mol. The SMILES string of the molecule is COC(=O)C1=CCSC2C(NC(=O)COc3ccccc3)C(=O)N12. The van der Waals surface area contributed by atoms with Gasteiger partial charge in [0.15, 0.2) is 6.61 Å². The second-order valence-corrected chi connectivity index (χ2v) is 6.31. The van der Waals surface area contributed by atoms with Gasteiger partial charge in [0.1, 0.15) is 22.9 Å². The van der Waals surface area contributed by atoms with E-state index in [0.717, 1.165) is 0 Å². The lowest BCUT2D eigenvalue weighted by molar-refractivity contribution is -0.151. The molecule has 0 spiro atoms. The average Bonchev–Trinajstić information content (AvgIpc) is 2.63. The first kappa shape index (κ1) is 16.4. The van der Waals surface area contributed by atoms with Crippen LogP contribution in [-0.4, -0.2) is 53.6 Å². The number of ether oxygens (including phenoxy) is 2. The molecule has 7 nitrogen and oxygen atoms in total. The number of amides is 2. The van der Waals surface area contributed by atoms with Crippen LogP contribution in [0.2, 0.25) is 0 Å². The van der Waals surface area contributed by atoms with Crippen LogP contribution in [-0.2, 0) is 19.1 Å². The minimum absolute atomic E-state index is 0.176. The zero-order chi connectivity index (χ0) is 17.1. The Kier molecular flexibility index (Phi) is 4.75. The first-order chi connectivity index (χ1) is 11.6. The number of nitrogens with one attached hydrogen (secondary N) is 1. The van der Waals surface area contributed by atoms with Crippen LogP contribution >= 0.6 is 11.8 Å². The van der Waals surface area contributed by atoms with Crippen molar-refractivity contribution in [2.45, 2.75) is 11.4 Å². The van der Waals surface area contributed by atoms with Crippen molar-refractivity contribution in [2.24, 2.45) is 0 Å². The normalized spacial score (nSPS) is 22.0. The van der Waals surface area contributed by atoms with Gasteiger partial charge in [0.25, 0.3) is 11.8 Å². The number of fused-ring (bicyclic) bond motifs is 1. The molecule has 24 heavy (non-hydrogen) atoms. The quantitative estimate of drug-likeness (QED) is 0.617. The Bertz CT molecular complexity index is 691. The first-order valence-electron chi connectivity index (χ1n) is 7.32. The van der Waals surface area contributed by atoms with Crippen LogP contribution in [0.15, 0.2) is 42.1 Å². The number of nitrogens with zero attached hydrogens (tertiary/aromatic N) is 1. The molecule has 1 N–H and O–H groups in total. The third kappa shape index (κ3) is 3.09. The summed E-state index contributed by atoms with van der Waals surface area (Å²) in [5, 5.41) is 2.36. The summed E-state index contributed by atoms with van der Waals surface area (Å²) >= 11 is 1.48. The molecule has 0 saturated carbocycles. The van der Waals surface area contributed by atoms with E-state index in [9.17, 15) is 14.4 Å². The standard InChI is InChI=1S/C16H16N2O5S/c1-22-16(21)11-7-8-24-15-13(14(20)18(11)15)17-12(19)9-23-10-5-3-2-4-6-10/h2-7,13,15H,8-9H2,1H3,(H,17,19). The number of rotatable bonds is 5. The predicted molar refractivity (Wildman–Crippen MR) is 87.1 cm³/mol. The van der Waals surface area contributed by atoms with Gasteiger partial charge in [-0.3, -0.25) is 14.5 Å². The van der Waals surface area contributed by atoms with Crippen molar-refractivity contribution < 1.29 is 23.9 Å². The van der Waals surface area contributed by atoms with E-state index in [1.165, 1.54) is 23.8 Å². The number of methoxy groups -OCH3 is 1. The molecular formula is C16H16N2O5S. The molecule has 2 atom stereocenters. The van der Waals surface area contributed by atoms with Crippen molar-refractivity contribution in [1.82, 2.24) is 10.2 Å². The molecule has 3 rings (SSSR count). The lowest BCUT2D eigenvalue weighted by Crippen LogP contribution is -2.70. The fourth-order valence-electron chi connectivity index (χ4n) is 2.51. The highest BCUT2D eigenvalue weighted by molar-refractivity contribution is 8.00. The van der Waals surface area contributed by atoms with Crippen molar-refractivity contribution in [3.05, 3.63) is 42.1 Å². The van der Waals surface area contributed by atoms with E-state index in [-0.39, 0.29) is 29.5 Å². The summed E-state index contributed by atoms with van der Waals surface area (Å²) in [4.78, 5) is 37.3. The van der Waals surface area contributed by atoms with Crippen LogP contribution in [0.25, 0.3) is 0 Å². The maximum atomic E-state index is 12.2. The van der Waals surface area contributed by atoms with Gasteiger partial charge in [-0.1, -0.05) is 18.2 Å². The van der Waals surface area contributed by atoms with Gasteiger partial charge in [-0.05, 0) is 18.2 Å². The zero-order valence-electron chi connectivity index (χ0n) is 12.9. The topological polar surface area (TPSA) is 84.9 Å². The predicted octanol–water partition coefficient (Wildman–Crippen LogP) is 0.522. The molecule has 2 heterocycles. The Labute approximate surface area is 143 Å². The second kappa shape index (κ2) is 6.96. The van der Waals surface area contributed by atoms with Crippen LogP contribution in [0, 0.1) is 0 Å². The minimum atomic E-state index is -0.657. The molecule has 0 bridgehead atoms. The Hall–Kier alpha value is -2.48. The lowest BCUT2D eigenvalue weighted by atomic mass is 10.1. The maximum Gasteiger partial charge on any atom is 0.354 e. The number of thioether (sulfide) groups is 1. The van der Waals surface area contributed by atoms with Gasteiger partial charge in [-0.15, -0.1) is 11.8 Å². The van der Waals surface area contributed by atoms with Gasteiger partial charge < -0.3 is 14.8 Å². The summed E-state index contributed by atoms with van der Waals surface area (Å²) in [7, 11) is 1.27. The summed E-state index contributed by atoms with van der Waals surface area (Å²) in [6.45, 7) is -0.176. The summed E-state index contributed by atoms with van der Waals surface area (Å²) in [6.07, 6.45) is 1.65. The second-order valence-electron chi connectivity index (χ2n) is 5.16. The van der Waals surface area contributed by atoms with Gasteiger partial charge >= 0.3 is 5.97 Å². The number of carbonyl (C=O) groups is 3. The number of esters is 1. The van der Waals surface area contributed by atoms with Crippen LogP contribution in [0.3, 0.4) is 0 Å².